The summed E-state index contributed by atoms with van der Waals surface area (Å²) in [6.07, 6.45) is 5.39. The number of hydrogen-bond donors (Lipinski definition) is 2. The number of nitrogens with one attached hydrogen (secondary N) is 1. The normalized spacial score (nSPS) is 12.7. The lowest BCUT2D eigenvalue weighted by molar-refractivity contribution is 0.564. The second kappa shape index (κ2) is 4.42. The van der Waals surface area contributed by atoms with Gasteiger partial charge >= 0.3 is 0 Å². The molecule has 5 nitrogen and oxygen atoms in total. The molecule has 0 radical (unpaired) electrons. The van der Waals surface area contributed by atoms with Crippen LogP contribution in [0.3, 0.4) is 0 Å². The number of hydrogen-bond acceptors (Lipinski definition) is 4. The Bertz CT molecular complexity index is 477. The topological polar surface area (TPSA) is 68.8 Å². The Morgan fingerprint density at radius 3 is 2.75 bits per heavy atom. The first-order valence-corrected chi connectivity index (χ1v) is 5.09. The molecule has 0 aliphatic heterocycles. The van der Waals surface area contributed by atoms with Crippen LogP contribution >= 0.6 is 0 Å². The summed E-state index contributed by atoms with van der Waals surface area (Å²) >= 11 is 0. The molecule has 0 aliphatic rings. The highest BCUT2D eigenvalue weighted by molar-refractivity contribution is 5.26. The number of hydrazine groups is 1. The first-order chi connectivity index (χ1) is 7.74. The number of nitrogens with zero attached hydrogens (tertiary/aromatic N) is 3. The van der Waals surface area contributed by atoms with E-state index in [-0.39, 0.29) is 6.04 Å². The minimum atomic E-state index is -0.179. The molecule has 0 saturated carbocycles. The van der Waals surface area contributed by atoms with Crippen LogP contribution in [0.5, 0.6) is 0 Å². The van der Waals surface area contributed by atoms with Crippen LogP contribution in [0.15, 0.2) is 30.7 Å². The van der Waals surface area contributed by atoms with Crippen LogP contribution in [-0.4, -0.2) is 14.5 Å². The molecule has 0 fully saturated rings. The quantitative estimate of drug-likeness (QED) is 0.586. The number of rotatable bonds is 3. The van der Waals surface area contributed by atoms with Gasteiger partial charge in [0.15, 0.2) is 0 Å². The highest BCUT2D eigenvalue weighted by Gasteiger charge is 2.19. The average molecular weight is 217 g/mol. The van der Waals surface area contributed by atoms with Crippen molar-refractivity contribution in [1.82, 2.24) is 20.0 Å². The van der Waals surface area contributed by atoms with Gasteiger partial charge in [-0.25, -0.2) is 10.4 Å². The molecule has 16 heavy (non-hydrogen) atoms. The molecule has 0 aromatic carbocycles. The Hall–Kier alpha value is -1.72. The molecule has 2 aromatic rings. The SMILES string of the molecule is Cc1cccnc1C(NN)c1nccn1C. The van der Waals surface area contributed by atoms with Gasteiger partial charge < -0.3 is 4.57 Å². The van der Waals surface area contributed by atoms with Crippen molar-refractivity contribution < 1.29 is 0 Å². The smallest absolute Gasteiger partial charge is 0.133 e. The van der Waals surface area contributed by atoms with Gasteiger partial charge in [0.05, 0.1) is 5.69 Å². The molecule has 0 aliphatic carbocycles. The lowest BCUT2D eigenvalue weighted by atomic mass is 10.1. The molecule has 0 spiro atoms. The van der Waals surface area contributed by atoms with Crippen molar-refractivity contribution in [3.63, 3.8) is 0 Å². The van der Waals surface area contributed by atoms with Crippen molar-refractivity contribution in [2.75, 3.05) is 0 Å². The zero-order valence-electron chi connectivity index (χ0n) is 9.38. The summed E-state index contributed by atoms with van der Waals surface area (Å²) in [7, 11) is 1.94. The number of aromatic nitrogens is 3. The maximum absolute atomic E-state index is 5.59. The lowest BCUT2D eigenvalue weighted by Crippen LogP contribution is -2.32. The van der Waals surface area contributed by atoms with Gasteiger partial charge in [-0.3, -0.25) is 10.8 Å². The Morgan fingerprint density at radius 2 is 2.19 bits per heavy atom. The average Bonchev–Trinajstić information content (AvgIpc) is 2.69. The van der Waals surface area contributed by atoms with E-state index in [1.54, 1.807) is 12.4 Å². The van der Waals surface area contributed by atoms with Crippen molar-refractivity contribution in [3.05, 3.63) is 47.8 Å². The van der Waals surface area contributed by atoms with E-state index in [2.05, 4.69) is 15.4 Å². The van der Waals surface area contributed by atoms with Gasteiger partial charge in [-0.15, -0.1) is 0 Å². The second-order valence-electron chi connectivity index (χ2n) is 3.70. The van der Waals surface area contributed by atoms with Gasteiger partial charge in [0.1, 0.15) is 11.9 Å². The number of aryl methyl sites for hydroxylation is 2. The predicted molar refractivity (Wildman–Crippen MR) is 61.3 cm³/mol. The molecular weight excluding hydrogens is 202 g/mol. The van der Waals surface area contributed by atoms with Crippen LogP contribution in [0.2, 0.25) is 0 Å². The van der Waals surface area contributed by atoms with Gasteiger partial charge in [0, 0.05) is 25.6 Å². The van der Waals surface area contributed by atoms with Gasteiger partial charge in [0.25, 0.3) is 0 Å². The largest absolute Gasteiger partial charge is 0.336 e. The summed E-state index contributed by atoms with van der Waals surface area (Å²) in [5.74, 6) is 6.44. The van der Waals surface area contributed by atoms with Gasteiger partial charge in [0.2, 0.25) is 0 Å². The molecule has 2 rings (SSSR count). The van der Waals surface area contributed by atoms with Crippen molar-refractivity contribution in [2.24, 2.45) is 12.9 Å². The van der Waals surface area contributed by atoms with Crippen LogP contribution in [0, 0.1) is 6.92 Å². The first-order valence-electron chi connectivity index (χ1n) is 5.09. The highest BCUT2D eigenvalue weighted by Crippen LogP contribution is 2.19. The summed E-state index contributed by atoms with van der Waals surface area (Å²) in [4.78, 5) is 8.64. The summed E-state index contributed by atoms with van der Waals surface area (Å²) in [6, 6.07) is 3.74. The summed E-state index contributed by atoms with van der Waals surface area (Å²) < 4.78 is 1.93. The summed E-state index contributed by atoms with van der Waals surface area (Å²) in [6.45, 7) is 2.01. The molecule has 84 valence electrons. The molecule has 5 heteroatoms. The molecule has 3 N–H and O–H groups in total. The van der Waals surface area contributed by atoms with E-state index < -0.39 is 0 Å². The van der Waals surface area contributed by atoms with Crippen molar-refractivity contribution in [1.29, 1.82) is 0 Å². The zero-order chi connectivity index (χ0) is 11.5. The number of pyridine rings is 1. The van der Waals surface area contributed by atoms with E-state index in [0.717, 1.165) is 17.1 Å². The van der Waals surface area contributed by atoms with Crippen LogP contribution in [0.4, 0.5) is 0 Å². The van der Waals surface area contributed by atoms with Gasteiger partial charge in [-0.05, 0) is 18.6 Å². The third-order valence-electron chi connectivity index (χ3n) is 2.61. The Balaban J connectivity index is 2.45. The molecule has 2 aromatic heterocycles. The van der Waals surface area contributed by atoms with E-state index in [1.165, 1.54) is 0 Å². The lowest BCUT2D eigenvalue weighted by Gasteiger charge is -2.16. The Morgan fingerprint density at radius 1 is 1.38 bits per heavy atom. The van der Waals surface area contributed by atoms with E-state index >= 15 is 0 Å². The molecule has 0 bridgehead atoms. The molecule has 0 amide bonds. The van der Waals surface area contributed by atoms with E-state index in [0.29, 0.717) is 0 Å². The first kappa shape index (κ1) is 10.8. The van der Waals surface area contributed by atoms with Gasteiger partial charge in [-0.2, -0.15) is 0 Å². The monoisotopic (exact) mass is 217 g/mol. The van der Waals surface area contributed by atoms with E-state index in [4.69, 9.17) is 5.84 Å². The Labute approximate surface area is 94.3 Å². The standard InChI is InChI=1S/C11H15N5/c1-8-4-3-5-13-9(8)10(15-12)11-14-6-7-16(11)2/h3-7,10,15H,12H2,1-2H3. The molecule has 0 saturated heterocycles. The Kier molecular flexibility index (Phi) is 2.98. The molecule has 2 heterocycles. The maximum atomic E-state index is 5.59. The molecule has 1 atom stereocenters. The van der Waals surface area contributed by atoms with E-state index in [9.17, 15) is 0 Å². The predicted octanol–water partition coefficient (Wildman–Crippen LogP) is 0.676. The fourth-order valence-electron chi connectivity index (χ4n) is 1.73. The minimum absolute atomic E-state index is 0.179. The van der Waals surface area contributed by atoms with Crippen LogP contribution < -0.4 is 11.3 Å². The number of imidazole rings is 1. The number of nitrogens with two attached hydrogens (primary N) is 1. The second-order valence-corrected chi connectivity index (χ2v) is 3.70. The van der Waals surface area contributed by atoms with Crippen LogP contribution in [0.25, 0.3) is 0 Å². The summed E-state index contributed by atoms with van der Waals surface area (Å²) in [5.41, 5.74) is 4.75. The molecule has 1 unspecified atom stereocenters. The van der Waals surface area contributed by atoms with Crippen LogP contribution in [0.1, 0.15) is 23.1 Å². The highest BCUT2D eigenvalue weighted by atomic mass is 15.3. The third kappa shape index (κ3) is 1.82. The van der Waals surface area contributed by atoms with Gasteiger partial charge in [-0.1, -0.05) is 6.07 Å². The summed E-state index contributed by atoms with van der Waals surface area (Å²) in [5, 5.41) is 0. The fourth-order valence-corrected chi connectivity index (χ4v) is 1.73. The third-order valence-corrected chi connectivity index (χ3v) is 2.61. The fraction of sp³-hybridized carbons (Fsp3) is 0.273. The maximum Gasteiger partial charge on any atom is 0.133 e. The molecular formula is C11H15N5. The van der Waals surface area contributed by atoms with Crippen molar-refractivity contribution in [2.45, 2.75) is 13.0 Å². The zero-order valence-corrected chi connectivity index (χ0v) is 9.38. The van der Waals surface area contributed by atoms with Crippen molar-refractivity contribution >= 4 is 0 Å². The van der Waals surface area contributed by atoms with Crippen LogP contribution in [-0.2, 0) is 7.05 Å². The van der Waals surface area contributed by atoms with E-state index in [1.807, 2.05) is 36.9 Å². The van der Waals surface area contributed by atoms with Crippen molar-refractivity contribution in [3.8, 4) is 0 Å². The minimum Gasteiger partial charge on any atom is -0.336 e.